The Balaban J connectivity index is 2.15. The molecule has 154 valence electrons. The van der Waals surface area contributed by atoms with Gasteiger partial charge in [-0.25, -0.2) is 4.79 Å². The zero-order valence-electron chi connectivity index (χ0n) is 16.6. The number of carbonyl (C=O) groups excluding carboxylic acids is 3. The van der Waals surface area contributed by atoms with E-state index in [2.05, 4.69) is 10.6 Å². The van der Waals surface area contributed by atoms with Gasteiger partial charge in [0.15, 0.2) is 11.5 Å². The monoisotopic (exact) mass is 400 g/mol. The molecule has 2 N–H and O–H groups in total. The van der Waals surface area contributed by atoms with E-state index in [1.807, 2.05) is 0 Å². The van der Waals surface area contributed by atoms with Crippen LogP contribution in [-0.2, 0) is 20.7 Å². The van der Waals surface area contributed by atoms with Crippen LogP contribution in [-0.4, -0.2) is 38.7 Å². The standard InChI is InChI=1S/C21H24N2O6/c1-4-22-21(26)23-20(25)19(15-8-6-5-7-9-15)29-18(24)13-14-10-11-16(27-2)17(12-14)28-3/h5-12,19H,4,13H2,1-3H3,(H2,22,23,25,26)/t19-/m1/s1. The summed E-state index contributed by atoms with van der Waals surface area (Å²) < 4.78 is 15.8. The van der Waals surface area contributed by atoms with Crippen LogP contribution in [0, 0.1) is 0 Å². The molecule has 0 aliphatic rings. The highest BCUT2D eigenvalue weighted by molar-refractivity contribution is 5.97. The van der Waals surface area contributed by atoms with E-state index in [0.29, 0.717) is 29.2 Å². The van der Waals surface area contributed by atoms with Gasteiger partial charge in [0.05, 0.1) is 20.6 Å². The zero-order valence-corrected chi connectivity index (χ0v) is 16.6. The van der Waals surface area contributed by atoms with E-state index in [0.717, 1.165) is 0 Å². The average Bonchev–Trinajstić information content (AvgIpc) is 2.72. The van der Waals surface area contributed by atoms with Crippen LogP contribution in [0.1, 0.15) is 24.2 Å². The summed E-state index contributed by atoms with van der Waals surface area (Å²) in [6.45, 7) is 2.08. The molecule has 2 aromatic rings. The average molecular weight is 400 g/mol. The van der Waals surface area contributed by atoms with Crippen LogP contribution < -0.4 is 20.1 Å². The third-order valence-corrected chi connectivity index (χ3v) is 3.96. The lowest BCUT2D eigenvalue weighted by atomic mass is 10.1. The van der Waals surface area contributed by atoms with Crippen LogP contribution in [0.4, 0.5) is 4.79 Å². The first-order valence-electron chi connectivity index (χ1n) is 9.02. The van der Waals surface area contributed by atoms with E-state index < -0.39 is 24.0 Å². The molecule has 8 nitrogen and oxygen atoms in total. The number of rotatable bonds is 8. The fraction of sp³-hybridized carbons (Fsp3) is 0.286. The number of amides is 3. The van der Waals surface area contributed by atoms with E-state index in [1.54, 1.807) is 55.5 Å². The van der Waals surface area contributed by atoms with Crippen molar-refractivity contribution in [1.82, 2.24) is 10.6 Å². The topological polar surface area (TPSA) is 103 Å². The number of urea groups is 1. The van der Waals surface area contributed by atoms with Gasteiger partial charge in [0.25, 0.3) is 5.91 Å². The lowest BCUT2D eigenvalue weighted by Crippen LogP contribution is -2.42. The van der Waals surface area contributed by atoms with Crippen LogP contribution >= 0.6 is 0 Å². The van der Waals surface area contributed by atoms with E-state index in [-0.39, 0.29) is 6.42 Å². The molecule has 8 heteroatoms. The third kappa shape index (κ3) is 6.24. The molecule has 0 heterocycles. The number of ether oxygens (including phenoxy) is 3. The van der Waals surface area contributed by atoms with Crippen molar-refractivity contribution in [1.29, 1.82) is 0 Å². The summed E-state index contributed by atoms with van der Waals surface area (Å²) in [4.78, 5) is 36.7. The quantitative estimate of drug-likeness (QED) is 0.660. The van der Waals surface area contributed by atoms with Crippen molar-refractivity contribution in [2.75, 3.05) is 20.8 Å². The van der Waals surface area contributed by atoms with Crippen molar-refractivity contribution in [3.05, 3.63) is 59.7 Å². The maximum absolute atomic E-state index is 12.5. The second-order valence-corrected chi connectivity index (χ2v) is 6.00. The minimum absolute atomic E-state index is 0.0852. The van der Waals surface area contributed by atoms with Gasteiger partial charge in [0.1, 0.15) is 0 Å². The highest BCUT2D eigenvalue weighted by atomic mass is 16.5. The highest BCUT2D eigenvalue weighted by Gasteiger charge is 2.26. The van der Waals surface area contributed by atoms with Gasteiger partial charge in [-0.15, -0.1) is 0 Å². The third-order valence-electron chi connectivity index (χ3n) is 3.96. The molecule has 0 radical (unpaired) electrons. The summed E-state index contributed by atoms with van der Waals surface area (Å²) in [7, 11) is 3.01. The molecule has 1 atom stereocenters. The lowest BCUT2D eigenvalue weighted by molar-refractivity contribution is -0.155. The maximum Gasteiger partial charge on any atom is 0.321 e. The molecule has 0 saturated carbocycles. The van der Waals surface area contributed by atoms with Gasteiger partial charge in [-0.05, 0) is 24.6 Å². The van der Waals surface area contributed by atoms with E-state index >= 15 is 0 Å². The van der Waals surface area contributed by atoms with Gasteiger partial charge in [-0.2, -0.15) is 0 Å². The van der Waals surface area contributed by atoms with Crippen LogP contribution in [0.3, 0.4) is 0 Å². The summed E-state index contributed by atoms with van der Waals surface area (Å²) in [6, 6.07) is 12.9. The minimum atomic E-state index is -1.26. The number of imide groups is 1. The summed E-state index contributed by atoms with van der Waals surface area (Å²) in [5.74, 6) is -0.348. The van der Waals surface area contributed by atoms with Crippen molar-refractivity contribution in [3.63, 3.8) is 0 Å². The van der Waals surface area contributed by atoms with Crippen molar-refractivity contribution in [2.24, 2.45) is 0 Å². The Hall–Kier alpha value is -3.55. The predicted octanol–water partition coefficient (Wildman–Crippen LogP) is 2.38. The number of carbonyl (C=O) groups is 3. The highest BCUT2D eigenvalue weighted by Crippen LogP contribution is 2.28. The predicted molar refractivity (Wildman–Crippen MR) is 106 cm³/mol. The van der Waals surface area contributed by atoms with E-state index in [4.69, 9.17) is 14.2 Å². The first kappa shape index (κ1) is 21.7. The Morgan fingerprint density at radius 1 is 0.966 bits per heavy atom. The van der Waals surface area contributed by atoms with Crippen LogP contribution in [0.15, 0.2) is 48.5 Å². The number of hydrogen-bond donors (Lipinski definition) is 2. The molecule has 2 aromatic carbocycles. The van der Waals surface area contributed by atoms with Gasteiger partial charge < -0.3 is 19.5 Å². The van der Waals surface area contributed by atoms with Crippen molar-refractivity contribution in [2.45, 2.75) is 19.4 Å². The minimum Gasteiger partial charge on any atom is -0.493 e. The van der Waals surface area contributed by atoms with Crippen LogP contribution in [0.25, 0.3) is 0 Å². The Kier molecular flexibility index (Phi) is 8.02. The largest absolute Gasteiger partial charge is 0.493 e. The second kappa shape index (κ2) is 10.7. The Morgan fingerprint density at radius 3 is 2.28 bits per heavy atom. The Morgan fingerprint density at radius 2 is 1.66 bits per heavy atom. The summed E-state index contributed by atoms with van der Waals surface area (Å²) in [5, 5.41) is 4.64. The number of methoxy groups -OCH3 is 2. The van der Waals surface area contributed by atoms with E-state index in [1.165, 1.54) is 14.2 Å². The summed E-state index contributed by atoms with van der Waals surface area (Å²) in [6.07, 6.45) is -1.34. The van der Waals surface area contributed by atoms with Gasteiger partial charge in [0.2, 0.25) is 6.10 Å². The maximum atomic E-state index is 12.5. The van der Waals surface area contributed by atoms with Gasteiger partial charge in [-0.3, -0.25) is 14.9 Å². The lowest BCUT2D eigenvalue weighted by Gasteiger charge is -2.18. The SMILES string of the molecule is CCNC(=O)NC(=O)[C@H](OC(=O)Cc1ccc(OC)c(OC)c1)c1ccccc1. The molecular weight excluding hydrogens is 376 g/mol. The molecule has 0 unspecified atom stereocenters. The fourth-order valence-electron chi connectivity index (χ4n) is 2.61. The number of esters is 1. The van der Waals surface area contributed by atoms with Crippen LogP contribution in [0.2, 0.25) is 0 Å². The van der Waals surface area contributed by atoms with Gasteiger partial charge >= 0.3 is 12.0 Å². The molecule has 29 heavy (non-hydrogen) atoms. The molecule has 0 bridgehead atoms. The molecule has 0 aromatic heterocycles. The second-order valence-electron chi connectivity index (χ2n) is 6.00. The van der Waals surface area contributed by atoms with E-state index in [9.17, 15) is 14.4 Å². The Bertz CT molecular complexity index is 854. The van der Waals surface area contributed by atoms with Crippen LogP contribution in [0.5, 0.6) is 11.5 Å². The van der Waals surface area contributed by atoms with Gasteiger partial charge in [-0.1, -0.05) is 36.4 Å². The number of nitrogens with one attached hydrogen (secondary N) is 2. The van der Waals surface area contributed by atoms with Crippen molar-refractivity contribution >= 4 is 17.9 Å². The molecule has 0 saturated heterocycles. The van der Waals surface area contributed by atoms with Crippen molar-refractivity contribution in [3.8, 4) is 11.5 Å². The number of benzene rings is 2. The molecule has 0 spiro atoms. The molecule has 0 aliphatic carbocycles. The smallest absolute Gasteiger partial charge is 0.321 e. The molecule has 0 aliphatic heterocycles. The van der Waals surface area contributed by atoms with Crippen molar-refractivity contribution < 1.29 is 28.6 Å². The van der Waals surface area contributed by atoms with Gasteiger partial charge in [0, 0.05) is 12.1 Å². The Labute approximate surface area is 169 Å². The first-order chi connectivity index (χ1) is 14.0. The summed E-state index contributed by atoms with van der Waals surface area (Å²) in [5.41, 5.74) is 1.08. The first-order valence-corrected chi connectivity index (χ1v) is 9.02. The normalized spacial score (nSPS) is 11.1. The molecule has 2 rings (SSSR count). The zero-order chi connectivity index (χ0) is 21.2. The molecular formula is C21H24N2O6. The summed E-state index contributed by atoms with van der Waals surface area (Å²) >= 11 is 0. The molecule has 0 fully saturated rings. The fourth-order valence-corrected chi connectivity index (χ4v) is 2.61. The molecule has 3 amide bonds. The number of hydrogen-bond acceptors (Lipinski definition) is 6.